The number of nitrogens with zero attached hydrogens (tertiary/aromatic N) is 5. The van der Waals surface area contributed by atoms with Crippen LogP contribution in [0.25, 0.3) is 5.65 Å². The van der Waals surface area contributed by atoms with Crippen LogP contribution >= 0.6 is 35.3 Å². The van der Waals surface area contributed by atoms with Crippen molar-refractivity contribution in [2.45, 2.75) is 26.2 Å². The standard InChI is InChI=1S/C17H23N7S.HI/c1-3-13-12-21-16(25-13)8-10-20-17(18-2)19-9-7-15-23-22-14-6-4-5-11-24(14)15;/h4-6,11-12H,3,7-10H2,1-2H3,(H2,18,19,20);1H. The number of hydrogen-bond acceptors (Lipinski definition) is 5. The van der Waals surface area contributed by atoms with Gasteiger partial charge in [-0.05, 0) is 18.6 Å². The molecule has 0 aliphatic rings. The van der Waals surface area contributed by atoms with Gasteiger partial charge in [0.2, 0.25) is 0 Å². The number of guanidine groups is 1. The first-order chi connectivity index (χ1) is 12.3. The van der Waals surface area contributed by atoms with Gasteiger partial charge in [-0.25, -0.2) is 4.98 Å². The van der Waals surface area contributed by atoms with Crippen LogP contribution in [0.2, 0.25) is 0 Å². The molecule has 0 saturated heterocycles. The number of halogens is 1. The lowest BCUT2D eigenvalue weighted by Crippen LogP contribution is -2.39. The predicted octanol–water partition coefficient (Wildman–Crippen LogP) is 2.32. The first-order valence-electron chi connectivity index (χ1n) is 8.47. The van der Waals surface area contributed by atoms with Gasteiger partial charge in [0, 0.05) is 50.2 Å². The molecule has 0 unspecified atom stereocenters. The number of aromatic nitrogens is 4. The summed E-state index contributed by atoms with van der Waals surface area (Å²) >= 11 is 1.78. The Balaban J connectivity index is 0.00000243. The van der Waals surface area contributed by atoms with Crippen molar-refractivity contribution in [3.8, 4) is 0 Å². The van der Waals surface area contributed by atoms with Crippen LogP contribution in [0, 0.1) is 0 Å². The second-order valence-corrected chi connectivity index (χ2v) is 6.74. The van der Waals surface area contributed by atoms with Gasteiger partial charge < -0.3 is 10.6 Å². The minimum absolute atomic E-state index is 0. The summed E-state index contributed by atoms with van der Waals surface area (Å²) in [7, 11) is 1.78. The quantitative estimate of drug-likeness (QED) is 0.305. The maximum Gasteiger partial charge on any atom is 0.191 e. The Morgan fingerprint density at radius 1 is 1.19 bits per heavy atom. The summed E-state index contributed by atoms with van der Waals surface area (Å²) in [5.41, 5.74) is 0.870. The van der Waals surface area contributed by atoms with E-state index in [9.17, 15) is 0 Å². The summed E-state index contributed by atoms with van der Waals surface area (Å²) in [6.07, 6.45) is 6.68. The van der Waals surface area contributed by atoms with Crippen molar-refractivity contribution in [1.82, 2.24) is 30.2 Å². The highest BCUT2D eigenvalue weighted by Gasteiger charge is 2.05. The van der Waals surface area contributed by atoms with E-state index in [4.69, 9.17) is 0 Å². The number of hydrogen-bond donors (Lipinski definition) is 2. The fraction of sp³-hybridized carbons (Fsp3) is 0.412. The molecule has 9 heteroatoms. The van der Waals surface area contributed by atoms with Gasteiger partial charge in [-0.2, -0.15) is 0 Å². The molecule has 3 heterocycles. The van der Waals surface area contributed by atoms with Gasteiger partial charge in [-0.15, -0.1) is 45.5 Å². The Kier molecular flexibility index (Phi) is 8.23. The molecule has 0 radical (unpaired) electrons. The van der Waals surface area contributed by atoms with E-state index in [-0.39, 0.29) is 24.0 Å². The number of rotatable bonds is 7. The number of nitrogens with one attached hydrogen (secondary N) is 2. The molecule has 3 aromatic rings. The summed E-state index contributed by atoms with van der Waals surface area (Å²) in [4.78, 5) is 10.0. The molecule has 0 atom stereocenters. The first kappa shape index (κ1) is 20.6. The van der Waals surface area contributed by atoms with Crippen molar-refractivity contribution in [1.29, 1.82) is 0 Å². The van der Waals surface area contributed by atoms with Gasteiger partial charge in [0.15, 0.2) is 11.6 Å². The van der Waals surface area contributed by atoms with Gasteiger partial charge in [-0.3, -0.25) is 9.39 Å². The number of aliphatic imine (C=N–C) groups is 1. The molecule has 3 rings (SSSR count). The Morgan fingerprint density at radius 3 is 2.73 bits per heavy atom. The third-order valence-corrected chi connectivity index (χ3v) is 5.03. The second kappa shape index (κ2) is 10.4. The molecule has 0 fully saturated rings. The number of thiazole rings is 1. The lowest BCUT2D eigenvalue weighted by molar-refractivity contribution is 0.755. The van der Waals surface area contributed by atoms with Crippen LogP contribution < -0.4 is 10.6 Å². The molecule has 7 nitrogen and oxygen atoms in total. The maximum absolute atomic E-state index is 4.43. The molecule has 26 heavy (non-hydrogen) atoms. The Hall–Kier alpha value is -1.75. The van der Waals surface area contributed by atoms with Crippen LogP contribution in [0.1, 0.15) is 22.6 Å². The molecular formula is C17H24IN7S. The number of aryl methyl sites for hydroxylation is 1. The molecule has 0 aliphatic carbocycles. The van der Waals surface area contributed by atoms with E-state index in [1.165, 1.54) is 4.88 Å². The molecule has 3 aromatic heterocycles. The summed E-state index contributed by atoms with van der Waals surface area (Å²) in [6.45, 7) is 3.71. The largest absolute Gasteiger partial charge is 0.356 e. The van der Waals surface area contributed by atoms with Crippen LogP contribution in [0.3, 0.4) is 0 Å². The minimum atomic E-state index is 0. The lowest BCUT2D eigenvalue weighted by Gasteiger charge is -2.10. The zero-order valence-corrected chi connectivity index (χ0v) is 18.1. The Morgan fingerprint density at radius 2 is 2.00 bits per heavy atom. The molecule has 2 N–H and O–H groups in total. The topological polar surface area (TPSA) is 79.5 Å². The Bertz CT molecular complexity index is 842. The van der Waals surface area contributed by atoms with Crippen molar-refractivity contribution in [2.75, 3.05) is 20.1 Å². The normalized spacial score (nSPS) is 11.4. The monoisotopic (exact) mass is 485 g/mol. The zero-order chi connectivity index (χ0) is 17.5. The van der Waals surface area contributed by atoms with Crippen molar-refractivity contribution < 1.29 is 0 Å². The maximum atomic E-state index is 4.43. The molecular weight excluding hydrogens is 461 g/mol. The van der Waals surface area contributed by atoms with Crippen LogP contribution in [0.4, 0.5) is 0 Å². The molecule has 0 spiro atoms. The van der Waals surface area contributed by atoms with Crippen LogP contribution in [0.5, 0.6) is 0 Å². The van der Waals surface area contributed by atoms with Crippen molar-refractivity contribution in [2.24, 2.45) is 4.99 Å². The third-order valence-electron chi connectivity index (χ3n) is 3.83. The predicted molar refractivity (Wildman–Crippen MR) is 117 cm³/mol. The van der Waals surface area contributed by atoms with Gasteiger partial charge in [0.25, 0.3) is 0 Å². The molecule has 0 amide bonds. The van der Waals surface area contributed by atoms with Crippen molar-refractivity contribution in [3.05, 3.63) is 46.3 Å². The fourth-order valence-electron chi connectivity index (χ4n) is 2.49. The molecule has 0 aromatic carbocycles. The Labute approximate surface area is 174 Å². The van der Waals surface area contributed by atoms with E-state index in [0.717, 1.165) is 54.8 Å². The van der Waals surface area contributed by atoms with E-state index in [1.807, 2.05) is 35.0 Å². The van der Waals surface area contributed by atoms with Crippen LogP contribution in [-0.2, 0) is 19.3 Å². The lowest BCUT2D eigenvalue weighted by atomic mass is 10.4. The van der Waals surface area contributed by atoms with E-state index in [1.54, 1.807) is 18.4 Å². The minimum Gasteiger partial charge on any atom is -0.356 e. The average molecular weight is 485 g/mol. The summed E-state index contributed by atoms with van der Waals surface area (Å²) < 4.78 is 2.01. The first-order valence-corrected chi connectivity index (χ1v) is 9.28. The van der Waals surface area contributed by atoms with E-state index >= 15 is 0 Å². The smallest absolute Gasteiger partial charge is 0.191 e. The average Bonchev–Trinajstić information content (AvgIpc) is 3.27. The van der Waals surface area contributed by atoms with Gasteiger partial charge >= 0.3 is 0 Å². The number of fused-ring (bicyclic) bond motifs is 1. The number of pyridine rings is 1. The van der Waals surface area contributed by atoms with Gasteiger partial charge in [0.05, 0.1) is 5.01 Å². The highest BCUT2D eigenvalue weighted by Crippen LogP contribution is 2.13. The van der Waals surface area contributed by atoms with E-state index in [2.05, 4.69) is 37.7 Å². The fourth-order valence-corrected chi connectivity index (χ4v) is 3.35. The van der Waals surface area contributed by atoms with Gasteiger partial charge in [-0.1, -0.05) is 13.0 Å². The summed E-state index contributed by atoms with van der Waals surface area (Å²) in [6, 6.07) is 5.90. The SMILES string of the molecule is CCc1cnc(CCNC(=NC)NCCc2nnc3ccccn23)s1.I. The molecule has 0 saturated carbocycles. The zero-order valence-electron chi connectivity index (χ0n) is 15.0. The molecule has 0 aliphatic heterocycles. The van der Waals surface area contributed by atoms with E-state index < -0.39 is 0 Å². The molecule has 0 bridgehead atoms. The summed E-state index contributed by atoms with van der Waals surface area (Å²) in [5.74, 6) is 1.73. The molecule has 140 valence electrons. The van der Waals surface area contributed by atoms with Crippen molar-refractivity contribution >= 4 is 46.9 Å². The highest BCUT2D eigenvalue weighted by molar-refractivity contribution is 14.0. The summed E-state index contributed by atoms with van der Waals surface area (Å²) in [5, 5.41) is 16.2. The van der Waals surface area contributed by atoms with Crippen LogP contribution in [-0.4, -0.2) is 45.7 Å². The van der Waals surface area contributed by atoms with E-state index in [0.29, 0.717) is 0 Å². The van der Waals surface area contributed by atoms with Crippen LogP contribution in [0.15, 0.2) is 35.6 Å². The van der Waals surface area contributed by atoms with Crippen molar-refractivity contribution in [3.63, 3.8) is 0 Å². The second-order valence-electron chi connectivity index (χ2n) is 5.54. The third kappa shape index (κ3) is 5.37. The highest BCUT2D eigenvalue weighted by atomic mass is 127. The van der Waals surface area contributed by atoms with Gasteiger partial charge in [0.1, 0.15) is 5.82 Å².